The van der Waals surface area contributed by atoms with Gasteiger partial charge >= 0.3 is 0 Å². The maximum absolute atomic E-state index is 2.50. The van der Waals surface area contributed by atoms with Crippen molar-refractivity contribution >= 4 is 49.8 Å². The monoisotopic (exact) mass is 827 g/mol. The normalized spacial score (nSPS) is 11.7. The van der Waals surface area contributed by atoms with Crippen molar-refractivity contribution in [2.75, 3.05) is 4.90 Å². The Bertz CT molecular complexity index is 3660. The van der Waals surface area contributed by atoms with Crippen LogP contribution in [0.25, 0.3) is 99.8 Å². The standard InChI is InChI=1S/C62H41N3/c1-6-18-42(19-7-1)46-40-54-52-28-16-17-29-53(52)59-61-56(65(49-26-14-5-15-27-49)62(59)45-20-8-2-9-21-45)39-38-55-60(61)58(54)57(41-46)64(55)51-36-32-44(33-37-51)43-30-34-50(35-31-43)63(47-22-10-3-11-23-47)48-24-12-4-13-25-48/h1-41H. The van der Waals surface area contributed by atoms with Gasteiger partial charge in [0, 0.05) is 50.2 Å². The van der Waals surface area contributed by atoms with Gasteiger partial charge < -0.3 is 14.0 Å². The van der Waals surface area contributed by atoms with Crippen LogP contribution in [-0.2, 0) is 0 Å². The molecule has 0 bridgehead atoms. The Morgan fingerprint density at radius 1 is 0.262 bits per heavy atom. The van der Waals surface area contributed by atoms with Gasteiger partial charge in [0.25, 0.3) is 0 Å². The molecule has 0 N–H and O–H groups in total. The van der Waals surface area contributed by atoms with Gasteiger partial charge in [-0.2, -0.15) is 0 Å². The highest BCUT2D eigenvalue weighted by Crippen LogP contribution is 2.55. The predicted octanol–water partition coefficient (Wildman–Crippen LogP) is 16.8. The van der Waals surface area contributed by atoms with Gasteiger partial charge in [-0.05, 0) is 129 Å². The lowest BCUT2D eigenvalue weighted by atomic mass is 9.91. The van der Waals surface area contributed by atoms with Crippen LogP contribution in [0.5, 0.6) is 0 Å². The molecule has 0 radical (unpaired) electrons. The minimum atomic E-state index is 1.11. The SMILES string of the molecule is c1ccc(-c2cc3c4c5c6c(c(-c7ccccc7)n(-c7ccccc7)c6ccc5n(-c5ccc(-c6ccc(N(c7ccccc7)c7ccccc7)cc6)cc5)c4c2)-c2ccccc2-3)cc1. The Labute approximate surface area is 378 Å². The van der Waals surface area contributed by atoms with E-state index in [4.69, 9.17) is 0 Å². The molecule has 0 aliphatic heterocycles. The van der Waals surface area contributed by atoms with Crippen LogP contribution in [0, 0.1) is 0 Å². The Hall–Kier alpha value is -8.66. The van der Waals surface area contributed by atoms with Gasteiger partial charge in [-0.1, -0.05) is 164 Å². The van der Waals surface area contributed by atoms with E-state index in [1.165, 1.54) is 88.5 Å². The predicted molar refractivity (Wildman–Crippen MR) is 273 cm³/mol. The molecule has 10 aromatic carbocycles. The molecule has 0 amide bonds. The summed E-state index contributed by atoms with van der Waals surface area (Å²) >= 11 is 0. The van der Waals surface area contributed by atoms with E-state index < -0.39 is 0 Å². The van der Waals surface area contributed by atoms with Crippen LogP contribution in [0.15, 0.2) is 249 Å². The van der Waals surface area contributed by atoms with Crippen LogP contribution in [0.3, 0.4) is 0 Å². The lowest BCUT2D eigenvalue weighted by Crippen LogP contribution is -2.09. The summed E-state index contributed by atoms with van der Waals surface area (Å²) in [5.41, 5.74) is 21.4. The topological polar surface area (TPSA) is 13.1 Å². The molecular weight excluding hydrogens is 787 g/mol. The molecular formula is C62H41N3. The van der Waals surface area contributed by atoms with E-state index in [1.807, 2.05) is 0 Å². The zero-order valence-corrected chi connectivity index (χ0v) is 35.5. The molecule has 12 aromatic rings. The van der Waals surface area contributed by atoms with Crippen LogP contribution in [0.1, 0.15) is 0 Å². The van der Waals surface area contributed by atoms with Crippen molar-refractivity contribution in [3.63, 3.8) is 0 Å². The lowest BCUT2D eigenvalue weighted by molar-refractivity contribution is 1.13. The maximum atomic E-state index is 2.50. The van der Waals surface area contributed by atoms with Gasteiger partial charge in [0.05, 0.1) is 22.2 Å². The number of benzene rings is 10. The maximum Gasteiger partial charge on any atom is 0.0619 e. The second-order valence-electron chi connectivity index (χ2n) is 16.9. The number of aromatic nitrogens is 2. The summed E-state index contributed by atoms with van der Waals surface area (Å²) in [5.74, 6) is 0. The van der Waals surface area contributed by atoms with Crippen LogP contribution in [-0.4, -0.2) is 9.13 Å². The third kappa shape index (κ3) is 5.90. The molecule has 0 saturated carbocycles. The quantitative estimate of drug-likeness (QED) is 0.149. The van der Waals surface area contributed by atoms with Crippen LogP contribution >= 0.6 is 0 Å². The number of anilines is 3. The minimum absolute atomic E-state index is 1.11. The highest BCUT2D eigenvalue weighted by atomic mass is 15.1. The van der Waals surface area contributed by atoms with Gasteiger partial charge in [-0.3, -0.25) is 0 Å². The molecule has 1 aliphatic carbocycles. The second-order valence-corrected chi connectivity index (χ2v) is 16.9. The number of rotatable bonds is 8. The molecule has 2 heterocycles. The third-order valence-electron chi connectivity index (χ3n) is 13.2. The van der Waals surface area contributed by atoms with Gasteiger partial charge in [0.1, 0.15) is 0 Å². The summed E-state index contributed by atoms with van der Waals surface area (Å²) in [6, 6.07) is 90.5. The van der Waals surface area contributed by atoms with E-state index in [0.717, 1.165) is 28.4 Å². The van der Waals surface area contributed by atoms with Gasteiger partial charge in [0.2, 0.25) is 0 Å². The molecule has 0 atom stereocenters. The molecule has 0 saturated heterocycles. The van der Waals surface area contributed by atoms with E-state index in [1.54, 1.807) is 0 Å². The summed E-state index contributed by atoms with van der Waals surface area (Å²) < 4.78 is 4.99. The van der Waals surface area contributed by atoms with Crippen molar-refractivity contribution in [1.29, 1.82) is 0 Å². The Morgan fingerprint density at radius 3 is 1.34 bits per heavy atom. The third-order valence-corrected chi connectivity index (χ3v) is 13.2. The lowest BCUT2D eigenvalue weighted by Gasteiger charge is -2.25. The van der Waals surface area contributed by atoms with Crippen LogP contribution in [0.4, 0.5) is 17.1 Å². The summed E-state index contributed by atoms with van der Waals surface area (Å²) in [7, 11) is 0. The number of hydrogen-bond donors (Lipinski definition) is 0. The van der Waals surface area contributed by atoms with Crippen molar-refractivity contribution < 1.29 is 0 Å². The fraction of sp³-hybridized carbons (Fsp3) is 0. The van der Waals surface area contributed by atoms with Gasteiger partial charge in [-0.25, -0.2) is 0 Å². The van der Waals surface area contributed by atoms with E-state index in [2.05, 4.69) is 263 Å². The Kier molecular flexibility index (Phi) is 8.53. The molecule has 3 heteroatoms. The van der Waals surface area contributed by atoms with Crippen molar-refractivity contribution in [3.05, 3.63) is 249 Å². The van der Waals surface area contributed by atoms with E-state index >= 15 is 0 Å². The van der Waals surface area contributed by atoms with E-state index in [0.29, 0.717) is 0 Å². The second kappa shape index (κ2) is 15.0. The first-order chi connectivity index (χ1) is 32.3. The zero-order valence-electron chi connectivity index (χ0n) is 35.5. The molecule has 1 aliphatic rings. The van der Waals surface area contributed by atoms with Crippen molar-refractivity contribution in [1.82, 2.24) is 9.13 Å². The largest absolute Gasteiger partial charge is 0.311 e. The Morgan fingerprint density at radius 2 is 0.723 bits per heavy atom. The number of para-hydroxylation sites is 3. The highest BCUT2D eigenvalue weighted by Gasteiger charge is 2.31. The molecule has 2 aromatic heterocycles. The minimum Gasteiger partial charge on any atom is -0.311 e. The fourth-order valence-corrected chi connectivity index (χ4v) is 10.4. The smallest absolute Gasteiger partial charge is 0.0619 e. The average Bonchev–Trinajstić information content (AvgIpc) is 3.87. The Balaban J connectivity index is 1.04. The van der Waals surface area contributed by atoms with Gasteiger partial charge in [-0.15, -0.1) is 0 Å². The molecule has 0 fully saturated rings. The van der Waals surface area contributed by atoms with E-state index in [9.17, 15) is 0 Å². The average molecular weight is 828 g/mol. The zero-order chi connectivity index (χ0) is 42.8. The molecule has 304 valence electrons. The number of fused-ring (bicyclic) bond motifs is 3. The van der Waals surface area contributed by atoms with Crippen LogP contribution < -0.4 is 4.90 Å². The highest BCUT2D eigenvalue weighted by molar-refractivity contribution is 6.32. The molecule has 65 heavy (non-hydrogen) atoms. The fourth-order valence-electron chi connectivity index (χ4n) is 10.4. The number of hydrogen-bond acceptors (Lipinski definition) is 1. The summed E-state index contributed by atoms with van der Waals surface area (Å²) in [6.45, 7) is 0. The summed E-state index contributed by atoms with van der Waals surface area (Å²) in [6.07, 6.45) is 0. The first kappa shape index (κ1) is 36.9. The van der Waals surface area contributed by atoms with Crippen molar-refractivity contribution in [2.45, 2.75) is 0 Å². The molecule has 13 rings (SSSR count). The van der Waals surface area contributed by atoms with E-state index in [-0.39, 0.29) is 0 Å². The summed E-state index contributed by atoms with van der Waals surface area (Å²) in [4.78, 5) is 2.31. The molecule has 0 spiro atoms. The van der Waals surface area contributed by atoms with Gasteiger partial charge in [0.15, 0.2) is 0 Å². The molecule has 3 nitrogen and oxygen atoms in total. The van der Waals surface area contributed by atoms with Crippen molar-refractivity contribution in [3.8, 4) is 67.1 Å². The number of nitrogens with zero attached hydrogens (tertiary/aromatic N) is 3. The first-order valence-electron chi connectivity index (χ1n) is 22.4. The van der Waals surface area contributed by atoms with Crippen LogP contribution in [0.2, 0.25) is 0 Å². The first-order valence-corrected chi connectivity index (χ1v) is 22.4. The molecule has 0 unspecified atom stereocenters. The summed E-state index contributed by atoms with van der Waals surface area (Å²) in [5, 5.41) is 3.85. The van der Waals surface area contributed by atoms with Crippen molar-refractivity contribution in [2.24, 2.45) is 0 Å².